The molecule has 2 nitrogen and oxygen atoms in total. The molecule has 1 aromatic heterocycles. The third-order valence-corrected chi connectivity index (χ3v) is 3.20. The van der Waals surface area contributed by atoms with Crippen LogP contribution in [0.5, 0.6) is 0 Å². The Hall–Kier alpha value is -0.120. The molecule has 0 radical (unpaired) electrons. The molecule has 1 unspecified atom stereocenters. The number of rotatable bonds is 5. The van der Waals surface area contributed by atoms with Crippen LogP contribution in [0.3, 0.4) is 0 Å². The number of hydrogen-bond acceptors (Lipinski definition) is 3. The van der Waals surface area contributed by atoms with Crippen molar-refractivity contribution >= 4 is 23.4 Å². The van der Waals surface area contributed by atoms with Crippen LogP contribution in [0, 0.1) is 5.92 Å². The molecular weight excluding hydrogens is 220 g/mol. The minimum Gasteiger partial charge on any atom is -0.449 e. The van der Waals surface area contributed by atoms with Crippen molar-refractivity contribution in [2.45, 2.75) is 25.7 Å². The van der Waals surface area contributed by atoms with E-state index in [4.69, 9.17) is 16.0 Å². The SMILES string of the molecule is CC(C)C(O)CSCc1ccc(Cl)o1. The van der Waals surface area contributed by atoms with E-state index in [0.717, 1.165) is 17.3 Å². The summed E-state index contributed by atoms with van der Waals surface area (Å²) in [5, 5.41) is 9.95. The third kappa shape index (κ3) is 3.95. The van der Waals surface area contributed by atoms with Crippen LogP contribution in [-0.4, -0.2) is 17.0 Å². The maximum atomic E-state index is 9.53. The highest BCUT2D eigenvalue weighted by Crippen LogP contribution is 2.20. The van der Waals surface area contributed by atoms with E-state index in [1.54, 1.807) is 17.8 Å². The van der Waals surface area contributed by atoms with E-state index in [1.807, 2.05) is 19.9 Å². The van der Waals surface area contributed by atoms with E-state index in [0.29, 0.717) is 11.1 Å². The molecule has 0 fully saturated rings. The first-order valence-corrected chi connectivity index (χ1v) is 6.13. The summed E-state index contributed by atoms with van der Waals surface area (Å²) in [7, 11) is 0. The molecule has 1 atom stereocenters. The summed E-state index contributed by atoms with van der Waals surface area (Å²) in [4.78, 5) is 0. The zero-order valence-electron chi connectivity index (χ0n) is 8.37. The highest BCUT2D eigenvalue weighted by molar-refractivity contribution is 7.98. The molecule has 0 saturated heterocycles. The summed E-state index contributed by atoms with van der Waals surface area (Å²) in [5.41, 5.74) is 0. The first kappa shape index (κ1) is 12.0. The van der Waals surface area contributed by atoms with Gasteiger partial charge in [0.2, 0.25) is 0 Å². The van der Waals surface area contributed by atoms with Gasteiger partial charge in [-0.3, -0.25) is 0 Å². The number of hydrogen-bond donors (Lipinski definition) is 1. The second kappa shape index (κ2) is 5.69. The summed E-state index contributed by atoms with van der Waals surface area (Å²) in [6.07, 6.45) is -0.245. The van der Waals surface area contributed by atoms with Crippen molar-refractivity contribution < 1.29 is 9.52 Å². The lowest BCUT2D eigenvalue weighted by atomic mass is 10.1. The highest BCUT2D eigenvalue weighted by atomic mass is 35.5. The molecular formula is C10H15ClO2S. The summed E-state index contributed by atoms with van der Waals surface area (Å²) in [5.74, 6) is 2.66. The van der Waals surface area contributed by atoms with Gasteiger partial charge in [0, 0.05) is 5.75 Å². The largest absolute Gasteiger partial charge is 0.449 e. The molecule has 0 aliphatic heterocycles. The molecule has 0 aliphatic rings. The summed E-state index contributed by atoms with van der Waals surface area (Å²) in [6, 6.07) is 3.59. The molecule has 80 valence electrons. The van der Waals surface area contributed by atoms with Crippen molar-refractivity contribution in [2.24, 2.45) is 5.92 Å². The molecule has 1 N–H and O–H groups in total. The van der Waals surface area contributed by atoms with Gasteiger partial charge in [-0.1, -0.05) is 13.8 Å². The Bertz CT molecular complexity index is 273. The molecule has 0 amide bonds. The van der Waals surface area contributed by atoms with Gasteiger partial charge in [0.25, 0.3) is 0 Å². The molecule has 1 aromatic rings. The van der Waals surface area contributed by atoms with Crippen LogP contribution >= 0.6 is 23.4 Å². The summed E-state index contributed by atoms with van der Waals surface area (Å²) >= 11 is 7.28. The number of halogens is 1. The standard InChI is InChI=1S/C10H15ClO2S/c1-7(2)9(12)6-14-5-8-3-4-10(11)13-8/h3-4,7,9,12H,5-6H2,1-2H3. The van der Waals surface area contributed by atoms with E-state index >= 15 is 0 Å². The molecule has 1 rings (SSSR count). The first-order chi connectivity index (χ1) is 6.59. The van der Waals surface area contributed by atoms with Crippen LogP contribution in [0.4, 0.5) is 0 Å². The van der Waals surface area contributed by atoms with Crippen LogP contribution in [0.2, 0.25) is 5.22 Å². The van der Waals surface area contributed by atoms with Crippen LogP contribution in [0.15, 0.2) is 16.5 Å². The van der Waals surface area contributed by atoms with Gasteiger partial charge >= 0.3 is 0 Å². The lowest BCUT2D eigenvalue weighted by Crippen LogP contribution is -2.17. The van der Waals surface area contributed by atoms with Crippen LogP contribution in [0.25, 0.3) is 0 Å². The molecule has 4 heteroatoms. The van der Waals surface area contributed by atoms with E-state index < -0.39 is 0 Å². The Morgan fingerprint density at radius 2 is 2.21 bits per heavy atom. The monoisotopic (exact) mass is 234 g/mol. The zero-order valence-corrected chi connectivity index (χ0v) is 9.94. The highest BCUT2D eigenvalue weighted by Gasteiger charge is 2.09. The van der Waals surface area contributed by atoms with Crippen LogP contribution in [-0.2, 0) is 5.75 Å². The molecule has 0 bridgehead atoms. The van der Waals surface area contributed by atoms with Gasteiger partial charge in [0.1, 0.15) is 5.76 Å². The van der Waals surface area contributed by atoms with Gasteiger partial charge < -0.3 is 9.52 Å². The van der Waals surface area contributed by atoms with Crippen molar-refractivity contribution in [1.29, 1.82) is 0 Å². The molecule has 0 aliphatic carbocycles. The molecule has 0 spiro atoms. The van der Waals surface area contributed by atoms with Gasteiger partial charge in [0.05, 0.1) is 11.9 Å². The number of thioether (sulfide) groups is 1. The van der Waals surface area contributed by atoms with E-state index in [1.165, 1.54) is 0 Å². The summed E-state index contributed by atoms with van der Waals surface area (Å²) in [6.45, 7) is 4.02. The Balaban J connectivity index is 2.22. The average molecular weight is 235 g/mol. The fraction of sp³-hybridized carbons (Fsp3) is 0.600. The van der Waals surface area contributed by atoms with E-state index in [9.17, 15) is 5.11 Å². The van der Waals surface area contributed by atoms with Gasteiger partial charge in [-0.15, -0.1) is 0 Å². The Morgan fingerprint density at radius 1 is 1.50 bits per heavy atom. The predicted molar refractivity (Wildman–Crippen MR) is 60.7 cm³/mol. The minimum absolute atomic E-state index is 0.245. The topological polar surface area (TPSA) is 33.4 Å². The second-order valence-electron chi connectivity index (χ2n) is 3.53. The normalized spacial score (nSPS) is 13.5. The van der Waals surface area contributed by atoms with Gasteiger partial charge in [-0.05, 0) is 29.7 Å². The fourth-order valence-electron chi connectivity index (χ4n) is 0.902. The minimum atomic E-state index is -0.245. The fourth-order valence-corrected chi connectivity index (χ4v) is 2.16. The molecule has 14 heavy (non-hydrogen) atoms. The molecule has 1 heterocycles. The van der Waals surface area contributed by atoms with Gasteiger partial charge in [-0.25, -0.2) is 0 Å². The quantitative estimate of drug-likeness (QED) is 0.850. The third-order valence-electron chi connectivity index (χ3n) is 1.93. The van der Waals surface area contributed by atoms with Crippen LogP contribution < -0.4 is 0 Å². The maximum absolute atomic E-state index is 9.53. The second-order valence-corrected chi connectivity index (χ2v) is 4.94. The number of furan rings is 1. The van der Waals surface area contributed by atoms with Crippen molar-refractivity contribution in [3.8, 4) is 0 Å². The number of aliphatic hydroxyl groups excluding tert-OH is 1. The smallest absolute Gasteiger partial charge is 0.193 e. The molecule has 0 aromatic carbocycles. The lowest BCUT2D eigenvalue weighted by Gasteiger charge is -2.12. The van der Waals surface area contributed by atoms with Gasteiger partial charge in [0.15, 0.2) is 5.22 Å². The Morgan fingerprint density at radius 3 is 2.71 bits per heavy atom. The maximum Gasteiger partial charge on any atom is 0.193 e. The van der Waals surface area contributed by atoms with Crippen molar-refractivity contribution in [3.63, 3.8) is 0 Å². The lowest BCUT2D eigenvalue weighted by molar-refractivity contribution is 0.149. The Kier molecular flexibility index (Phi) is 4.85. The van der Waals surface area contributed by atoms with Crippen molar-refractivity contribution in [2.75, 3.05) is 5.75 Å². The Labute approximate surface area is 93.6 Å². The van der Waals surface area contributed by atoms with Crippen molar-refractivity contribution in [1.82, 2.24) is 0 Å². The zero-order chi connectivity index (χ0) is 10.6. The van der Waals surface area contributed by atoms with Gasteiger partial charge in [-0.2, -0.15) is 11.8 Å². The summed E-state index contributed by atoms with van der Waals surface area (Å²) < 4.78 is 5.19. The molecule has 0 saturated carbocycles. The van der Waals surface area contributed by atoms with E-state index in [-0.39, 0.29) is 6.10 Å². The van der Waals surface area contributed by atoms with E-state index in [2.05, 4.69) is 0 Å². The first-order valence-electron chi connectivity index (χ1n) is 4.59. The number of aliphatic hydroxyl groups is 1. The average Bonchev–Trinajstić information content (AvgIpc) is 2.51. The predicted octanol–water partition coefficient (Wildman–Crippen LogP) is 3.18. The van der Waals surface area contributed by atoms with Crippen molar-refractivity contribution in [3.05, 3.63) is 23.1 Å². The van der Waals surface area contributed by atoms with Crippen LogP contribution in [0.1, 0.15) is 19.6 Å².